The van der Waals surface area contributed by atoms with Crippen LogP contribution in [0.3, 0.4) is 0 Å². The molecule has 5 nitrogen and oxygen atoms in total. The lowest BCUT2D eigenvalue weighted by Crippen LogP contribution is -2.41. The molecule has 2 aliphatic rings. The Labute approximate surface area is 150 Å². The lowest BCUT2D eigenvalue weighted by molar-refractivity contribution is -0.144. The SMILES string of the molecule is O=C(O)C1CCC(C(=O)NC2CCOC2c2ccc(Cl)c(F)c2)CC1. The van der Waals surface area contributed by atoms with Crippen molar-refractivity contribution in [2.75, 3.05) is 6.61 Å². The number of carbonyl (C=O) groups is 2. The molecule has 25 heavy (non-hydrogen) atoms. The van der Waals surface area contributed by atoms with E-state index >= 15 is 0 Å². The largest absolute Gasteiger partial charge is 0.481 e. The van der Waals surface area contributed by atoms with Crippen molar-refractivity contribution in [2.24, 2.45) is 11.8 Å². The molecule has 7 heteroatoms. The zero-order valence-corrected chi connectivity index (χ0v) is 14.5. The number of amides is 1. The van der Waals surface area contributed by atoms with Crippen molar-refractivity contribution in [3.63, 3.8) is 0 Å². The van der Waals surface area contributed by atoms with Gasteiger partial charge in [-0.3, -0.25) is 9.59 Å². The number of halogens is 2. The van der Waals surface area contributed by atoms with Crippen LogP contribution in [0.15, 0.2) is 18.2 Å². The summed E-state index contributed by atoms with van der Waals surface area (Å²) in [4.78, 5) is 23.5. The van der Waals surface area contributed by atoms with Crippen LogP contribution in [0.25, 0.3) is 0 Å². The Morgan fingerprint density at radius 2 is 1.84 bits per heavy atom. The molecule has 3 rings (SSSR count). The van der Waals surface area contributed by atoms with E-state index in [4.69, 9.17) is 21.4 Å². The first kappa shape index (κ1) is 18.1. The van der Waals surface area contributed by atoms with Crippen molar-refractivity contribution in [1.29, 1.82) is 0 Å². The molecule has 1 aliphatic heterocycles. The molecule has 0 bridgehead atoms. The maximum atomic E-state index is 13.7. The minimum atomic E-state index is -0.784. The van der Waals surface area contributed by atoms with E-state index in [1.54, 1.807) is 6.07 Å². The van der Waals surface area contributed by atoms with Gasteiger partial charge in [-0.05, 0) is 49.8 Å². The van der Waals surface area contributed by atoms with Crippen LogP contribution in [-0.4, -0.2) is 29.6 Å². The van der Waals surface area contributed by atoms with Crippen molar-refractivity contribution < 1.29 is 23.8 Å². The molecule has 1 amide bonds. The zero-order chi connectivity index (χ0) is 18.0. The molecule has 2 atom stereocenters. The van der Waals surface area contributed by atoms with E-state index in [1.807, 2.05) is 0 Å². The average Bonchev–Trinajstić information content (AvgIpc) is 3.05. The van der Waals surface area contributed by atoms with Crippen LogP contribution in [0.1, 0.15) is 43.8 Å². The van der Waals surface area contributed by atoms with Crippen LogP contribution in [0.2, 0.25) is 5.02 Å². The number of nitrogens with one attached hydrogen (secondary N) is 1. The molecule has 0 aromatic heterocycles. The first-order valence-corrected chi connectivity index (χ1v) is 8.93. The van der Waals surface area contributed by atoms with E-state index in [1.165, 1.54) is 12.1 Å². The summed E-state index contributed by atoms with van der Waals surface area (Å²) in [5, 5.41) is 12.1. The molecule has 1 aromatic rings. The van der Waals surface area contributed by atoms with Gasteiger partial charge in [-0.15, -0.1) is 0 Å². The summed E-state index contributed by atoms with van der Waals surface area (Å²) in [6, 6.07) is 4.32. The smallest absolute Gasteiger partial charge is 0.306 e. The van der Waals surface area contributed by atoms with Crippen molar-refractivity contribution in [3.8, 4) is 0 Å². The highest BCUT2D eigenvalue weighted by Crippen LogP contribution is 2.33. The Hall–Kier alpha value is -1.66. The predicted octanol–water partition coefficient (Wildman–Crippen LogP) is 3.32. The number of aliphatic carboxylic acids is 1. The number of hydrogen-bond donors (Lipinski definition) is 2. The van der Waals surface area contributed by atoms with Gasteiger partial charge in [-0.1, -0.05) is 17.7 Å². The molecule has 2 fully saturated rings. The van der Waals surface area contributed by atoms with Gasteiger partial charge in [-0.25, -0.2) is 4.39 Å². The van der Waals surface area contributed by atoms with Crippen molar-refractivity contribution >= 4 is 23.5 Å². The molecule has 136 valence electrons. The van der Waals surface area contributed by atoms with Crippen LogP contribution >= 0.6 is 11.6 Å². The number of carbonyl (C=O) groups excluding carboxylic acids is 1. The number of rotatable bonds is 4. The van der Waals surface area contributed by atoms with Gasteiger partial charge >= 0.3 is 5.97 Å². The summed E-state index contributed by atoms with van der Waals surface area (Å²) in [7, 11) is 0. The van der Waals surface area contributed by atoms with Crippen molar-refractivity contribution in [1.82, 2.24) is 5.32 Å². The third-order valence-electron chi connectivity index (χ3n) is 5.14. The fourth-order valence-electron chi connectivity index (χ4n) is 3.66. The minimum absolute atomic E-state index is 0.0533. The molecule has 1 saturated heterocycles. The Bertz CT molecular complexity index is 660. The standard InChI is InChI=1S/C18H21ClFNO4/c19-13-6-5-12(9-14(13)20)16-15(7-8-25-16)21-17(22)10-1-3-11(4-2-10)18(23)24/h5-6,9-11,15-16H,1-4,7-8H2,(H,21,22)(H,23,24). The Balaban J connectivity index is 1.60. The number of ether oxygens (including phenoxy) is 1. The normalized spacial score (nSPS) is 29.4. The Morgan fingerprint density at radius 1 is 1.16 bits per heavy atom. The number of benzene rings is 1. The molecule has 0 spiro atoms. The highest BCUT2D eigenvalue weighted by molar-refractivity contribution is 6.30. The van der Waals surface area contributed by atoms with Gasteiger partial charge in [0.2, 0.25) is 5.91 Å². The summed E-state index contributed by atoms with van der Waals surface area (Å²) in [5.74, 6) is -1.87. The summed E-state index contributed by atoms with van der Waals surface area (Å²) in [5.41, 5.74) is 0.652. The molecular formula is C18H21ClFNO4. The van der Waals surface area contributed by atoms with E-state index in [0.29, 0.717) is 44.3 Å². The van der Waals surface area contributed by atoms with E-state index in [9.17, 15) is 14.0 Å². The Morgan fingerprint density at radius 3 is 2.48 bits per heavy atom. The second kappa shape index (κ2) is 7.70. The quantitative estimate of drug-likeness (QED) is 0.853. The summed E-state index contributed by atoms with van der Waals surface area (Å²) in [6.07, 6.45) is 2.48. The van der Waals surface area contributed by atoms with E-state index in [0.717, 1.165) is 0 Å². The van der Waals surface area contributed by atoms with Gasteiger partial charge in [0, 0.05) is 12.5 Å². The van der Waals surface area contributed by atoms with Gasteiger partial charge in [0.15, 0.2) is 0 Å². The number of carboxylic acids is 1. The summed E-state index contributed by atoms with van der Waals surface area (Å²) in [6.45, 7) is 0.492. The average molecular weight is 370 g/mol. The Kier molecular flexibility index (Phi) is 5.59. The van der Waals surface area contributed by atoms with E-state index in [-0.39, 0.29) is 28.8 Å². The predicted molar refractivity (Wildman–Crippen MR) is 89.7 cm³/mol. The van der Waals surface area contributed by atoms with Crippen molar-refractivity contribution in [2.45, 2.75) is 44.2 Å². The first-order chi connectivity index (χ1) is 12.0. The fraction of sp³-hybridized carbons (Fsp3) is 0.556. The van der Waals surface area contributed by atoms with Crippen LogP contribution in [0, 0.1) is 17.7 Å². The van der Waals surface area contributed by atoms with Gasteiger partial charge in [0.1, 0.15) is 11.9 Å². The summed E-state index contributed by atoms with van der Waals surface area (Å²) >= 11 is 5.72. The van der Waals surface area contributed by atoms with Gasteiger partial charge in [0.25, 0.3) is 0 Å². The van der Waals surface area contributed by atoms with Crippen LogP contribution in [0.5, 0.6) is 0 Å². The van der Waals surface area contributed by atoms with Crippen LogP contribution in [-0.2, 0) is 14.3 Å². The fourth-order valence-corrected chi connectivity index (χ4v) is 3.78. The number of carboxylic acid groups (broad SMARTS) is 1. The molecule has 1 saturated carbocycles. The molecule has 1 aromatic carbocycles. The summed E-state index contributed by atoms with van der Waals surface area (Å²) < 4.78 is 19.4. The molecule has 2 unspecified atom stereocenters. The maximum absolute atomic E-state index is 13.7. The van der Waals surface area contributed by atoms with Crippen LogP contribution in [0.4, 0.5) is 4.39 Å². The maximum Gasteiger partial charge on any atom is 0.306 e. The highest BCUT2D eigenvalue weighted by Gasteiger charge is 2.35. The van der Waals surface area contributed by atoms with Crippen LogP contribution < -0.4 is 5.32 Å². The molecule has 2 N–H and O–H groups in total. The number of hydrogen-bond acceptors (Lipinski definition) is 3. The third-order valence-corrected chi connectivity index (χ3v) is 5.45. The van der Waals surface area contributed by atoms with Gasteiger partial charge < -0.3 is 15.2 Å². The first-order valence-electron chi connectivity index (χ1n) is 8.55. The molecular weight excluding hydrogens is 349 g/mol. The van der Waals surface area contributed by atoms with E-state index in [2.05, 4.69) is 5.32 Å². The van der Waals surface area contributed by atoms with Gasteiger partial charge in [-0.2, -0.15) is 0 Å². The lowest BCUT2D eigenvalue weighted by Gasteiger charge is -2.28. The topological polar surface area (TPSA) is 75.6 Å². The van der Waals surface area contributed by atoms with Gasteiger partial charge in [0.05, 0.1) is 17.0 Å². The zero-order valence-electron chi connectivity index (χ0n) is 13.7. The highest BCUT2D eigenvalue weighted by atomic mass is 35.5. The minimum Gasteiger partial charge on any atom is -0.481 e. The molecule has 1 aliphatic carbocycles. The second-order valence-corrected chi connectivity index (χ2v) is 7.16. The lowest BCUT2D eigenvalue weighted by atomic mass is 9.81. The monoisotopic (exact) mass is 369 g/mol. The molecule has 0 radical (unpaired) electrons. The molecule has 1 heterocycles. The second-order valence-electron chi connectivity index (χ2n) is 6.76. The third kappa shape index (κ3) is 4.12. The van der Waals surface area contributed by atoms with E-state index < -0.39 is 17.9 Å². The van der Waals surface area contributed by atoms with Crippen molar-refractivity contribution in [3.05, 3.63) is 34.6 Å².